The fraction of sp³-hybridized carbons (Fsp3) is 0.310. The fourth-order valence-electron chi connectivity index (χ4n) is 4.04. The molecule has 0 saturated carbocycles. The van der Waals surface area contributed by atoms with E-state index in [9.17, 15) is 18.0 Å². The number of carbonyl (C=O) groups excluding carboxylic acids is 2. The Balaban J connectivity index is 2.06. The second kappa shape index (κ2) is 13.8. The zero-order valence-corrected chi connectivity index (χ0v) is 24.5. The highest BCUT2D eigenvalue weighted by molar-refractivity contribution is 7.92. The van der Waals surface area contributed by atoms with Gasteiger partial charge in [0.2, 0.25) is 21.8 Å². The van der Waals surface area contributed by atoms with Gasteiger partial charge in [-0.3, -0.25) is 13.9 Å². The summed E-state index contributed by atoms with van der Waals surface area (Å²) in [6.45, 7) is 3.39. The lowest BCUT2D eigenvalue weighted by molar-refractivity contribution is -0.140. The summed E-state index contributed by atoms with van der Waals surface area (Å²) in [7, 11) is -3.81. The first-order valence-electron chi connectivity index (χ1n) is 12.6. The number of anilines is 1. The lowest BCUT2D eigenvalue weighted by Crippen LogP contribution is -2.54. The molecule has 2 unspecified atom stereocenters. The van der Waals surface area contributed by atoms with Gasteiger partial charge in [-0.15, -0.1) is 0 Å². The lowest BCUT2D eigenvalue weighted by atomic mass is 10.0. The monoisotopic (exact) mass is 589 g/mol. The minimum atomic E-state index is -3.81. The van der Waals surface area contributed by atoms with Crippen LogP contribution in [0.1, 0.15) is 31.4 Å². The van der Waals surface area contributed by atoms with Gasteiger partial charge in [0.25, 0.3) is 0 Å². The van der Waals surface area contributed by atoms with E-state index in [0.717, 1.165) is 16.1 Å². The molecular formula is C29H33Cl2N3O4S. The van der Waals surface area contributed by atoms with Crippen LogP contribution in [0.25, 0.3) is 0 Å². The molecule has 1 N–H and O–H groups in total. The van der Waals surface area contributed by atoms with Crippen molar-refractivity contribution in [2.75, 3.05) is 17.1 Å². The van der Waals surface area contributed by atoms with Crippen molar-refractivity contribution >= 4 is 50.7 Å². The van der Waals surface area contributed by atoms with Crippen LogP contribution in [-0.2, 0) is 32.6 Å². The van der Waals surface area contributed by atoms with Crippen molar-refractivity contribution in [1.82, 2.24) is 10.2 Å². The SMILES string of the molecule is CCC(C)NC(=O)C(Cc1ccccc1)N(Cc1ccc(Cl)c(Cl)c1)C(=O)CN(c1ccccc1)S(C)(=O)=O. The van der Waals surface area contributed by atoms with Crippen LogP contribution in [0.4, 0.5) is 5.69 Å². The zero-order chi connectivity index (χ0) is 28.6. The summed E-state index contributed by atoms with van der Waals surface area (Å²) < 4.78 is 26.6. The van der Waals surface area contributed by atoms with E-state index in [1.807, 2.05) is 44.2 Å². The van der Waals surface area contributed by atoms with Gasteiger partial charge < -0.3 is 10.2 Å². The Labute approximate surface area is 240 Å². The lowest BCUT2D eigenvalue weighted by Gasteiger charge is -2.34. The van der Waals surface area contributed by atoms with E-state index in [2.05, 4.69) is 5.32 Å². The Morgan fingerprint density at radius 3 is 2.08 bits per heavy atom. The average molecular weight is 591 g/mol. The number of hydrogen-bond donors (Lipinski definition) is 1. The van der Waals surface area contributed by atoms with Crippen LogP contribution in [0.15, 0.2) is 78.9 Å². The van der Waals surface area contributed by atoms with Crippen molar-refractivity contribution < 1.29 is 18.0 Å². The van der Waals surface area contributed by atoms with Crippen LogP contribution < -0.4 is 9.62 Å². The number of sulfonamides is 1. The van der Waals surface area contributed by atoms with Crippen molar-refractivity contribution in [2.45, 2.75) is 45.3 Å². The quantitative estimate of drug-likeness (QED) is 0.310. The van der Waals surface area contributed by atoms with Gasteiger partial charge in [0.05, 0.1) is 22.0 Å². The molecule has 39 heavy (non-hydrogen) atoms. The van der Waals surface area contributed by atoms with Gasteiger partial charge >= 0.3 is 0 Å². The van der Waals surface area contributed by atoms with Crippen molar-refractivity contribution in [3.63, 3.8) is 0 Å². The number of amides is 2. The Hall–Kier alpha value is -3.07. The molecule has 2 amide bonds. The molecule has 0 radical (unpaired) electrons. The molecule has 0 aliphatic carbocycles. The molecule has 7 nitrogen and oxygen atoms in total. The Morgan fingerprint density at radius 1 is 0.897 bits per heavy atom. The zero-order valence-electron chi connectivity index (χ0n) is 22.2. The van der Waals surface area contributed by atoms with Crippen LogP contribution in [0.2, 0.25) is 10.0 Å². The molecule has 0 aliphatic rings. The van der Waals surface area contributed by atoms with Crippen LogP contribution in [-0.4, -0.2) is 50.0 Å². The molecule has 0 heterocycles. The van der Waals surface area contributed by atoms with Gasteiger partial charge in [-0.1, -0.05) is 84.7 Å². The minimum Gasteiger partial charge on any atom is -0.352 e. The second-order valence-corrected chi connectivity index (χ2v) is 12.1. The number of benzene rings is 3. The van der Waals surface area contributed by atoms with Crippen LogP contribution in [0, 0.1) is 0 Å². The van der Waals surface area contributed by atoms with Gasteiger partial charge in [0.15, 0.2) is 0 Å². The molecular weight excluding hydrogens is 557 g/mol. The highest BCUT2D eigenvalue weighted by Gasteiger charge is 2.33. The Bertz CT molecular complexity index is 1370. The number of hydrogen-bond acceptors (Lipinski definition) is 4. The van der Waals surface area contributed by atoms with Crippen molar-refractivity contribution in [3.05, 3.63) is 100 Å². The van der Waals surface area contributed by atoms with Gasteiger partial charge in [-0.2, -0.15) is 0 Å². The first kappa shape index (κ1) is 30.5. The van der Waals surface area contributed by atoms with Crippen LogP contribution in [0.5, 0.6) is 0 Å². The van der Waals surface area contributed by atoms with E-state index < -0.39 is 28.5 Å². The normalized spacial score (nSPS) is 12.8. The standard InChI is InChI=1S/C29H33Cl2N3O4S/c1-4-21(2)32-29(36)27(18-22-11-7-5-8-12-22)33(19-23-15-16-25(30)26(31)17-23)28(35)20-34(39(3,37)38)24-13-9-6-10-14-24/h5-17,21,27H,4,18-20H2,1-3H3,(H,32,36). The fourth-order valence-corrected chi connectivity index (χ4v) is 5.21. The highest BCUT2D eigenvalue weighted by Crippen LogP contribution is 2.25. The maximum Gasteiger partial charge on any atom is 0.244 e. The first-order valence-corrected chi connectivity index (χ1v) is 15.2. The summed E-state index contributed by atoms with van der Waals surface area (Å²) in [5, 5.41) is 3.67. The third kappa shape index (κ3) is 8.71. The maximum atomic E-state index is 14.0. The molecule has 0 fully saturated rings. The predicted octanol–water partition coefficient (Wildman–Crippen LogP) is 5.31. The summed E-state index contributed by atoms with van der Waals surface area (Å²) in [6, 6.07) is 21.7. The molecule has 208 valence electrons. The molecule has 0 spiro atoms. The van der Waals surface area contributed by atoms with E-state index >= 15 is 0 Å². The van der Waals surface area contributed by atoms with Gasteiger partial charge in [-0.05, 0) is 48.7 Å². The van der Waals surface area contributed by atoms with Crippen molar-refractivity contribution in [1.29, 1.82) is 0 Å². The van der Waals surface area contributed by atoms with E-state index in [1.165, 1.54) is 4.90 Å². The van der Waals surface area contributed by atoms with E-state index in [1.54, 1.807) is 48.5 Å². The topological polar surface area (TPSA) is 86.8 Å². The second-order valence-electron chi connectivity index (χ2n) is 9.40. The number of para-hydroxylation sites is 1. The summed E-state index contributed by atoms with van der Waals surface area (Å²) in [5.74, 6) is -0.859. The number of carbonyl (C=O) groups is 2. The van der Waals surface area contributed by atoms with Gasteiger partial charge in [0.1, 0.15) is 12.6 Å². The van der Waals surface area contributed by atoms with Crippen molar-refractivity contribution in [2.24, 2.45) is 0 Å². The maximum absolute atomic E-state index is 14.0. The molecule has 3 rings (SSSR count). The summed E-state index contributed by atoms with van der Waals surface area (Å²) in [4.78, 5) is 29.1. The van der Waals surface area contributed by atoms with Crippen molar-refractivity contribution in [3.8, 4) is 0 Å². The molecule has 3 aromatic carbocycles. The molecule has 10 heteroatoms. The number of rotatable bonds is 12. The molecule has 0 bridgehead atoms. The third-order valence-electron chi connectivity index (χ3n) is 6.33. The average Bonchev–Trinajstić information content (AvgIpc) is 2.91. The number of nitrogens with zero attached hydrogens (tertiary/aromatic N) is 2. The summed E-state index contributed by atoms with van der Waals surface area (Å²) in [6.07, 6.45) is 1.99. The Kier molecular flexibility index (Phi) is 10.8. The summed E-state index contributed by atoms with van der Waals surface area (Å²) >= 11 is 12.4. The number of nitrogens with one attached hydrogen (secondary N) is 1. The Morgan fingerprint density at radius 2 is 1.51 bits per heavy atom. The van der Waals surface area contributed by atoms with E-state index in [4.69, 9.17) is 23.2 Å². The van der Waals surface area contributed by atoms with Crippen LogP contribution in [0.3, 0.4) is 0 Å². The highest BCUT2D eigenvalue weighted by atomic mass is 35.5. The molecule has 0 aliphatic heterocycles. The van der Waals surface area contributed by atoms with Gasteiger partial charge in [0, 0.05) is 19.0 Å². The smallest absolute Gasteiger partial charge is 0.244 e. The van der Waals surface area contributed by atoms with E-state index in [0.29, 0.717) is 27.7 Å². The molecule has 0 saturated heterocycles. The number of halogens is 2. The van der Waals surface area contributed by atoms with Crippen LogP contribution >= 0.6 is 23.2 Å². The van der Waals surface area contributed by atoms with Gasteiger partial charge in [-0.25, -0.2) is 8.42 Å². The first-order chi connectivity index (χ1) is 18.5. The minimum absolute atomic E-state index is 0.0214. The molecule has 0 aromatic heterocycles. The predicted molar refractivity (Wildman–Crippen MR) is 157 cm³/mol. The third-order valence-corrected chi connectivity index (χ3v) is 8.21. The molecule has 2 atom stereocenters. The summed E-state index contributed by atoms with van der Waals surface area (Å²) in [5.41, 5.74) is 1.86. The molecule has 3 aromatic rings. The van der Waals surface area contributed by atoms with E-state index in [-0.39, 0.29) is 24.9 Å². The largest absolute Gasteiger partial charge is 0.352 e.